The molecule has 4 rings (SSSR count). The lowest BCUT2D eigenvalue weighted by atomic mass is 9.73. The van der Waals surface area contributed by atoms with Crippen molar-refractivity contribution < 1.29 is 19.2 Å². The molecule has 0 radical (unpaired) electrons. The SMILES string of the molecule is COc1cccc(CC(O)(CC(C)(C)c2ccccc2)C(=O)Nc2ccc3c(=O)onc(C)c3c2)c1. The van der Waals surface area contributed by atoms with Crippen LogP contribution in [0.1, 0.15) is 37.1 Å². The van der Waals surface area contributed by atoms with Gasteiger partial charge in [-0.1, -0.05) is 61.5 Å². The number of aliphatic hydroxyl groups is 1. The number of hydrogen-bond acceptors (Lipinski definition) is 6. The Morgan fingerprint density at radius 2 is 1.78 bits per heavy atom. The molecule has 186 valence electrons. The van der Waals surface area contributed by atoms with Gasteiger partial charge in [-0.3, -0.25) is 4.79 Å². The van der Waals surface area contributed by atoms with Crippen molar-refractivity contribution in [2.45, 2.75) is 44.6 Å². The number of fused-ring (bicyclic) bond motifs is 1. The fourth-order valence-electron chi connectivity index (χ4n) is 4.62. The molecule has 0 saturated carbocycles. The van der Waals surface area contributed by atoms with Gasteiger partial charge in [-0.2, -0.15) is 0 Å². The second-order valence-corrected chi connectivity index (χ2v) is 9.76. The van der Waals surface area contributed by atoms with E-state index < -0.39 is 22.5 Å². The lowest BCUT2D eigenvalue weighted by Crippen LogP contribution is -2.48. The number of methoxy groups -OCH3 is 1. The number of aromatic nitrogens is 1. The summed E-state index contributed by atoms with van der Waals surface area (Å²) in [5.41, 5.74) is -0.0403. The monoisotopic (exact) mass is 486 g/mol. The highest BCUT2D eigenvalue weighted by atomic mass is 16.5. The van der Waals surface area contributed by atoms with E-state index in [9.17, 15) is 14.7 Å². The van der Waals surface area contributed by atoms with Crippen LogP contribution in [0, 0.1) is 6.92 Å². The Bertz CT molecular complexity index is 1450. The maximum atomic E-state index is 13.7. The first-order valence-electron chi connectivity index (χ1n) is 11.7. The van der Waals surface area contributed by atoms with Gasteiger partial charge in [0.1, 0.15) is 11.4 Å². The molecule has 0 bridgehead atoms. The normalized spacial score (nSPS) is 13.2. The molecule has 3 aromatic carbocycles. The molecule has 0 saturated heterocycles. The molecule has 1 amide bonds. The van der Waals surface area contributed by atoms with E-state index in [2.05, 4.69) is 10.5 Å². The van der Waals surface area contributed by atoms with Crippen LogP contribution in [0.5, 0.6) is 5.75 Å². The van der Waals surface area contributed by atoms with Gasteiger partial charge in [-0.05, 0) is 60.2 Å². The molecule has 0 aliphatic heterocycles. The molecule has 7 heteroatoms. The molecule has 1 unspecified atom stereocenters. The first-order chi connectivity index (χ1) is 17.1. The first-order valence-corrected chi connectivity index (χ1v) is 11.7. The van der Waals surface area contributed by atoms with Gasteiger partial charge in [-0.15, -0.1) is 0 Å². The number of rotatable bonds is 8. The number of carbonyl (C=O) groups is 1. The number of ether oxygens (including phenoxy) is 1. The summed E-state index contributed by atoms with van der Waals surface area (Å²) in [6.45, 7) is 5.74. The highest BCUT2D eigenvalue weighted by Gasteiger charge is 2.42. The average Bonchev–Trinajstić information content (AvgIpc) is 2.86. The van der Waals surface area contributed by atoms with Crippen LogP contribution < -0.4 is 15.7 Å². The van der Waals surface area contributed by atoms with Gasteiger partial charge in [0.2, 0.25) is 0 Å². The Balaban J connectivity index is 1.70. The van der Waals surface area contributed by atoms with Crippen LogP contribution in [0.4, 0.5) is 5.69 Å². The van der Waals surface area contributed by atoms with Crippen molar-refractivity contribution >= 4 is 22.4 Å². The van der Waals surface area contributed by atoms with Crippen molar-refractivity contribution in [1.82, 2.24) is 5.16 Å². The number of anilines is 1. The van der Waals surface area contributed by atoms with Gasteiger partial charge in [-0.25, -0.2) is 4.79 Å². The quantitative estimate of drug-likeness (QED) is 0.372. The van der Waals surface area contributed by atoms with E-state index in [0.717, 1.165) is 11.1 Å². The largest absolute Gasteiger partial charge is 0.497 e. The number of aryl methyl sites for hydroxylation is 1. The molecule has 1 aromatic heterocycles. The summed E-state index contributed by atoms with van der Waals surface area (Å²) in [6.07, 6.45) is 0.259. The molecular weight excluding hydrogens is 456 g/mol. The minimum absolute atomic E-state index is 0.0874. The average molecular weight is 487 g/mol. The summed E-state index contributed by atoms with van der Waals surface area (Å²) >= 11 is 0. The van der Waals surface area contributed by atoms with E-state index in [4.69, 9.17) is 9.26 Å². The molecule has 1 heterocycles. The van der Waals surface area contributed by atoms with Crippen LogP contribution in [-0.4, -0.2) is 28.9 Å². The molecule has 0 aliphatic carbocycles. The second kappa shape index (κ2) is 9.95. The third kappa shape index (κ3) is 5.31. The van der Waals surface area contributed by atoms with Crippen molar-refractivity contribution in [3.8, 4) is 5.75 Å². The van der Waals surface area contributed by atoms with E-state index in [1.165, 1.54) is 0 Å². The van der Waals surface area contributed by atoms with Crippen LogP contribution in [-0.2, 0) is 16.6 Å². The summed E-state index contributed by atoms with van der Waals surface area (Å²) < 4.78 is 10.1. The van der Waals surface area contributed by atoms with Crippen LogP contribution >= 0.6 is 0 Å². The third-order valence-electron chi connectivity index (χ3n) is 6.50. The topological polar surface area (TPSA) is 102 Å². The van der Waals surface area contributed by atoms with Crippen molar-refractivity contribution in [1.29, 1.82) is 0 Å². The number of nitrogens with zero attached hydrogens (tertiary/aromatic N) is 1. The number of hydrogen-bond donors (Lipinski definition) is 2. The van der Waals surface area contributed by atoms with Crippen LogP contribution in [0.15, 0.2) is 82.1 Å². The van der Waals surface area contributed by atoms with E-state index in [0.29, 0.717) is 27.9 Å². The zero-order chi connectivity index (χ0) is 25.9. The predicted molar refractivity (Wildman–Crippen MR) is 139 cm³/mol. The number of amides is 1. The minimum Gasteiger partial charge on any atom is -0.497 e. The van der Waals surface area contributed by atoms with E-state index in [1.54, 1.807) is 32.2 Å². The molecule has 0 spiro atoms. The Labute approximate surface area is 209 Å². The fraction of sp³-hybridized carbons (Fsp3) is 0.276. The third-order valence-corrected chi connectivity index (χ3v) is 6.50. The van der Waals surface area contributed by atoms with Gasteiger partial charge in [0.25, 0.3) is 5.91 Å². The molecule has 0 aliphatic rings. The number of benzene rings is 3. The molecule has 4 aromatic rings. The van der Waals surface area contributed by atoms with Crippen LogP contribution in [0.2, 0.25) is 0 Å². The van der Waals surface area contributed by atoms with Gasteiger partial charge in [0.05, 0.1) is 18.2 Å². The van der Waals surface area contributed by atoms with E-state index in [1.807, 2.05) is 68.4 Å². The van der Waals surface area contributed by atoms with Crippen molar-refractivity contribution in [3.63, 3.8) is 0 Å². The molecule has 7 nitrogen and oxygen atoms in total. The highest BCUT2D eigenvalue weighted by molar-refractivity contribution is 5.99. The smallest absolute Gasteiger partial charge is 0.366 e. The van der Waals surface area contributed by atoms with Gasteiger partial charge in [0.15, 0.2) is 0 Å². The molecule has 1 atom stereocenters. The molecule has 36 heavy (non-hydrogen) atoms. The summed E-state index contributed by atoms with van der Waals surface area (Å²) in [4.78, 5) is 25.7. The Hall–Kier alpha value is -3.97. The standard InChI is InChI=1S/C29H30N2O5/c1-19-25-16-22(13-14-24(25)26(32)36-31-19)30-27(33)29(34,17-20-9-8-12-23(15-20)35-4)18-28(2,3)21-10-6-5-7-11-21/h5-16,34H,17-18H2,1-4H3,(H,30,33). The Morgan fingerprint density at radius 1 is 1.03 bits per heavy atom. The predicted octanol–water partition coefficient (Wildman–Crippen LogP) is 4.79. The van der Waals surface area contributed by atoms with Crippen molar-refractivity contribution in [3.05, 3.63) is 100 Å². The lowest BCUT2D eigenvalue weighted by Gasteiger charge is -2.36. The summed E-state index contributed by atoms with van der Waals surface area (Å²) in [5.74, 6) is 0.108. The molecule has 2 N–H and O–H groups in total. The van der Waals surface area contributed by atoms with Crippen molar-refractivity contribution in [2.24, 2.45) is 0 Å². The number of nitrogens with one attached hydrogen (secondary N) is 1. The van der Waals surface area contributed by atoms with Crippen molar-refractivity contribution in [2.75, 3.05) is 12.4 Å². The summed E-state index contributed by atoms with van der Waals surface area (Å²) in [7, 11) is 1.58. The van der Waals surface area contributed by atoms with Gasteiger partial charge in [0, 0.05) is 17.5 Å². The zero-order valence-corrected chi connectivity index (χ0v) is 20.9. The van der Waals surface area contributed by atoms with Crippen LogP contribution in [0.3, 0.4) is 0 Å². The lowest BCUT2D eigenvalue weighted by molar-refractivity contribution is -0.136. The molecular formula is C29H30N2O5. The summed E-state index contributed by atoms with van der Waals surface area (Å²) in [5, 5.41) is 19.5. The first kappa shape index (κ1) is 25.1. The molecule has 0 fully saturated rings. The minimum atomic E-state index is -1.75. The highest BCUT2D eigenvalue weighted by Crippen LogP contribution is 2.35. The Kier molecular flexibility index (Phi) is 6.95. The number of carbonyl (C=O) groups excluding carboxylic acids is 1. The van der Waals surface area contributed by atoms with E-state index in [-0.39, 0.29) is 12.8 Å². The maximum absolute atomic E-state index is 13.7. The van der Waals surface area contributed by atoms with Gasteiger partial charge < -0.3 is 19.7 Å². The summed E-state index contributed by atoms with van der Waals surface area (Å²) in [6, 6.07) is 22.0. The van der Waals surface area contributed by atoms with Crippen LogP contribution in [0.25, 0.3) is 10.8 Å². The van der Waals surface area contributed by atoms with Gasteiger partial charge >= 0.3 is 5.63 Å². The second-order valence-electron chi connectivity index (χ2n) is 9.76. The zero-order valence-electron chi connectivity index (χ0n) is 20.9. The maximum Gasteiger partial charge on any atom is 0.366 e. The Morgan fingerprint density at radius 3 is 2.50 bits per heavy atom. The van der Waals surface area contributed by atoms with E-state index >= 15 is 0 Å². The fourth-order valence-corrected chi connectivity index (χ4v) is 4.62.